The quantitative estimate of drug-likeness (QED) is 0.311. The summed E-state index contributed by atoms with van der Waals surface area (Å²) in [6.45, 7) is 6.55. The van der Waals surface area contributed by atoms with Crippen molar-refractivity contribution in [2.24, 2.45) is 11.7 Å². The highest BCUT2D eigenvalue weighted by Crippen LogP contribution is 2.26. The van der Waals surface area contributed by atoms with Crippen molar-refractivity contribution < 1.29 is 44.3 Å². The second-order valence-corrected chi connectivity index (χ2v) is 7.27. The van der Waals surface area contributed by atoms with E-state index in [0.29, 0.717) is 36.8 Å². The van der Waals surface area contributed by atoms with Crippen LogP contribution >= 0.6 is 11.6 Å². The Morgan fingerprint density at radius 1 is 1.03 bits per heavy atom. The van der Waals surface area contributed by atoms with Crippen LogP contribution in [0.1, 0.15) is 18.9 Å². The molecule has 1 fully saturated rings. The largest absolute Gasteiger partial charge is 0.494 e. The van der Waals surface area contributed by atoms with Gasteiger partial charge in [-0.15, -0.1) is 0 Å². The molecule has 1 unspecified atom stereocenters. The van der Waals surface area contributed by atoms with Crippen molar-refractivity contribution in [3.63, 3.8) is 0 Å². The minimum Gasteiger partial charge on any atom is -0.494 e. The molecule has 12 heteroatoms. The molecule has 0 saturated carbocycles. The number of halogens is 1. The molecule has 188 valence electrons. The first kappa shape index (κ1) is 30.6. The fraction of sp³-hybridized carbons (Fsp3) is 0.364. The zero-order chi connectivity index (χ0) is 26.1. The van der Waals surface area contributed by atoms with Gasteiger partial charge < -0.3 is 30.9 Å². The molecule has 1 saturated heterocycles. The van der Waals surface area contributed by atoms with Crippen LogP contribution in [0.3, 0.4) is 0 Å². The SMILES string of the molecule is CCOc1ccc(Cl)cc1CN1CCC(CN)C1.O=C(O)/C=C/C(=O)O.O=C(O)/C=C/C(=O)O. The van der Waals surface area contributed by atoms with E-state index in [1.165, 1.54) is 12.0 Å². The number of benzene rings is 1. The van der Waals surface area contributed by atoms with Gasteiger partial charge in [0.25, 0.3) is 0 Å². The molecule has 34 heavy (non-hydrogen) atoms. The van der Waals surface area contributed by atoms with Gasteiger partial charge in [0.1, 0.15) is 5.75 Å². The highest BCUT2D eigenvalue weighted by Gasteiger charge is 2.22. The Morgan fingerprint density at radius 2 is 1.53 bits per heavy atom. The van der Waals surface area contributed by atoms with Gasteiger partial charge in [-0.2, -0.15) is 0 Å². The normalized spacial score (nSPS) is 15.2. The van der Waals surface area contributed by atoms with Crippen LogP contribution in [0, 0.1) is 5.92 Å². The molecular weight excluding hydrogens is 472 g/mol. The van der Waals surface area contributed by atoms with Crippen molar-refractivity contribution in [3.05, 3.63) is 53.1 Å². The first-order valence-corrected chi connectivity index (χ1v) is 10.5. The number of nitrogens with two attached hydrogens (primary N) is 1. The van der Waals surface area contributed by atoms with Crippen LogP contribution in [0.15, 0.2) is 42.5 Å². The fourth-order valence-electron chi connectivity index (χ4n) is 2.74. The Hall–Kier alpha value is -3.41. The zero-order valence-corrected chi connectivity index (χ0v) is 19.3. The van der Waals surface area contributed by atoms with Crippen LogP contribution in [0.25, 0.3) is 0 Å². The molecule has 1 heterocycles. The summed E-state index contributed by atoms with van der Waals surface area (Å²) in [6.07, 6.45) is 3.43. The van der Waals surface area contributed by atoms with E-state index in [-0.39, 0.29) is 0 Å². The molecule has 6 N–H and O–H groups in total. The predicted octanol–water partition coefficient (Wildman–Crippen LogP) is 1.94. The van der Waals surface area contributed by atoms with E-state index in [1.54, 1.807) is 0 Å². The summed E-state index contributed by atoms with van der Waals surface area (Å²) in [5, 5.41) is 32.0. The van der Waals surface area contributed by atoms with Crippen molar-refractivity contribution >= 4 is 35.5 Å². The maximum Gasteiger partial charge on any atom is 0.328 e. The Kier molecular flexibility index (Phi) is 15.4. The van der Waals surface area contributed by atoms with Crippen LogP contribution < -0.4 is 10.5 Å². The number of nitrogens with zero attached hydrogens (tertiary/aromatic N) is 1. The van der Waals surface area contributed by atoms with E-state index in [4.69, 9.17) is 42.5 Å². The maximum atomic E-state index is 9.55. The van der Waals surface area contributed by atoms with Gasteiger partial charge in [0.15, 0.2) is 0 Å². The number of hydrogen-bond acceptors (Lipinski definition) is 7. The van der Waals surface area contributed by atoms with Gasteiger partial charge in [-0.25, -0.2) is 19.2 Å². The summed E-state index contributed by atoms with van der Waals surface area (Å²) in [6, 6.07) is 5.84. The number of likely N-dealkylation sites (tertiary alicyclic amines) is 1. The molecule has 0 aromatic heterocycles. The lowest BCUT2D eigenvalue weighted by atomic mass is 10.1. The van der Waals surface area contributed by atoms with E-state index in [1.807, 2.05) is 25.1 Å². The van der Waals surface area contributed by atoms with Crippen LogP contribution in [0.4, 0.5) is 0 Å². The lowest BCUT2D eigenvalue weighted by molar-refractivity contribution is -0.134. The van der Waals surface area contributed by atoms with Gasteiger partial charge in [-0.1, -0.05) is 11.6 Å². The van der Waals surface area contributed by atoms with Gasteiger partial charge in [0.2, 0.25) is 0 Å². The summed E-state index contributed by atoms with van der Waals surface area (Å²) >= 11 is 6.06. The van der Waals surface area contributed by atoms with Gasteiger partial charge in [0.05, 0.1) is 6.61 Å². The zero-order valence-electron chi connectivity index (χ0n) is 18.6. The van der Waals surface area contributed by atoms with E-state index < -0.39 is 23.9 Å². The molecule has 0 aliphatic carbocycles. The predicted molar refractivity (Wildman–Crippen MR) is 124 cm³/mol. The third-order valence-corrected chi connectivity index (χ3v) is 4.39. The molecule has 0 amide bonds. The Labute approximate surface area is 201 Å². The standard InChI is InChI=1S/C14H21ClN2O.2C4H4O4/c1-2-18-14-4-3-13(15)7-12(14)10-17-6-5-11(8-16)9-17;2*5-3(6)1-2-4(7)8/h3-4,7,11H,2,5-6,8-10,16H2,1H3;2*1-2H,(H,5,6)(H,7,8)/b;2*2-1+. The smallest absolute Gasteiger partial charge is 0.328 e. The van der Waals surface area contributed by atoms with E-state index in [0.717, 1.165) is 37.0 Å². The average Bonchev–Trinajstić information content (AvgIpc) is 3.21. The minimum atomic E-state index is -1.26. The van der Waals surface area contributed by atoms with Crippen LogP contribution in [-0.2, 0) is 25.7 Å². The number of aliphatic carboxylic acids is 4. The third-order valence-electron chi connectivity index (χ3n) is 4.16. The van der Waals surface area contributed by atoms with Gasteiger partial charge in [-0.3, -0.25) is 4.90 Å². The summed E-state index contributed by atoms with van der Waals surface area (Å²) in [7, 11) is 0. The minimum absolute atomic E-state index is 0.558. The first-order valence-electron chi connectivity index (χ1n) is 10.1. The molecule has 1 aromatic carbocycles. The van der Waals surface area contributed by atoms with Crippen molar-refractivity contribution in [2.45, 2.75) is 19.9 Å². The van der Waals surface area contributed by atoms with Crippen molar-refractivity contribution in [1.29, 1.82) is 0 Å². The molecule has 1 aliphatic rings. The summed E-state index contributed by atoms with van der Waals surface area (Å²) < 4.78 is 5.65. The maximum absolute atomic E-state index is 9.55. The highest BCUT2D eigenvalue weighted by molar-refractivity contribution is 6.30. The van der Waals surface area contributed by atoms with Gasteiger partial charge in [-0.05, 0) is 50.6 Å². The van der Waals surface area contributed by atoms with Gasteiger partial charge in [0, 0.05) is 48.0 Å². The second kappa shape index (κ2) is 17.1. The van der Waals surface area contributed by atoms with Crippen molar-refractivity contribution in [3.8, 4) is 5.75 Å². The number of rotatable bonds is 9. The molecule has 0 bridgehead atoms. The third kappa shape index (κ3) is 15.4. The monoisotopic (exact) mass is 500 g/mol. The summed E-state index contributed by atoms with van der Waals surface area (Å²) in [4.78, 5) is 40.6. The van der Waals surface area contributed by atoms with Crippen LogP contribution in [0.5, 0.6) is 5.75 Å². The lowest BCUT2D eigenvalue weighted by Crippen LogP contribution is -2.23. The number of hydrogen-bond donors (Lipinski definition) is 5. The average molecular weight is 501 g/mol. The van der Waals surface area contributed by atoms with Crippen LogP contribution in [-0.4, -0.2) is 75.4 Å². The number of carboxylic acids is 4. The molecule has 1 atom stereocenters. The topological polar surface area (TPSA) is 188 Å². The molecule has 1 aromatic rings. The van der Waals surface area contributed by atoms with Crippen molar-refractivity contribution in [1.82, 2.24) is 4.90 Å². The highest BCUT2D eigenvalue weighted by atomic mass is 35.5. The lowest BCUT2D eigenvalue weighted by Gasteiger charge is -2.18. The molecule has 2 rings (SSSR count). The number of carbonyl (C=O) groups is 4. The molecular formula is C22H29ClN2O9. The fourth-order valence-corrected chi connectivity index (χ4v) is 2.94. The second-order valence-electron chi connectivity index (χ2n) is 6.83. The molecule has 0 radical (unpaired) electrons. The Morgan fingerprint density at radius 3 is 1.91 bits per heavy atom. The van der Waals surface area contributed by atoms with Crippen molar-refractivity contribution in [2.75, 3.05) is 26.2 Å². The number of carboxylic acid groups (broad SMARTS) is 4. The summed E-state index contributed by atoms with van der Waals surface area (Å²) in [5.41, 5.74) is 6.89. The molecule has 11 nitrogen and oxygen atoms in total. The first-order chi connectivity index (χ1) is 16.0. The number of ether oxygens (including phenoxy) is 1. The van der Waals surface area contributed by atoms with E-state index in [2.05, 4.69) is 4.90 Å². The Bertz CT molecular complexity index is 821. The van der Waals surface area contributed by atoms with E-state index >= 15 is 0 Å². The van der Waals surface area contributed by atoms with Gasteiger partial charge >= 0.3 is 23.9 Å². The van der Waals surface area contributed by atoms with E-state index in [9.17, 15) is 19.2 Å². The molecule has 1 aliphatic heterocycles. The summed E-state index contributed by atoms with van der Waals surface area (Å²) in [5.74, 6) is -3.45. The van der Waals surface area contributed by atoms with Crippen LogP contribution in [0.2, 0.25) is 5.02 Å². The Balaban J connectivity index is 0.000000570. The molecule has 0 spiro atoms.